The van der Waals surface area contributed by atoms with Crippen LogP contribution < -0.4 is 0 Å². The first-order valence-electron chi connectivity index (χ1n) is 5.96. The van der Waals surface area contributed by atoms with Gasteiger partial charge >= 0.3 is 0 Å². The lowest BCUT2D eigenvalue weighted by Crippen LogP contribution is -2.45. The van der Waals surface area contributed by atoms with Gasteiger partial charge in [0.15, 0.2) is 0 Å². The average molecular weight is 257 g/mol. The number of piperidine rings is 1. The van der Waals surface area contributed by atoms with Crippen molar-refractivity contribution in [2.75, 3.05) is 6.54 Å². The van der Waals surface area contributed by atoms with Crippen molar-refractivity contribution in [1.29, 1.82) is 0 Å². The third-order valence-electron chi connectivity index (χ3n) is 3.69. The normalized spacial score (nSPS) is 27.2. The van der Waals surface area contributed by atoms with Crippen molar-refractivity contribution >= 4 is 10.0 Å². The molecule has 2 rings (SSSR count). The van der Waals surface area contributed by atoms with Gasteiger partial charge in [0.25, 0.3) is 0 Å². The first-order chi connectivity index (χ1) is 7.94. The number of aromatic nitrogens is 2. The minimum absolute atomic E-state index is 0.0584. The predicted octanol–water partition coefficient (Wildman–Crippen LogP) is 1.53. The molecule has 17 heavy (non-hydrogen) atoms. The molecule has 5 nitrogen and oxygen atoms in total. The van der Waals surface area contributed by atoms with Gasteiger partial charge in [-0.2, -0.15) is 9.40 Å². The molecular formula is C11H19N3O2S. The van der Waals surface area contributed by atoms with Crippen molar-refractivity contribution in [3.63, 3.8) is 0 Å². The third-order valence-corrected chi connectivity index (χ3v) is 5.79. The summed E-state index contributed by atoms with van der Waals surface area (Å²) in [4.78, 5) is 0.304. The van der Waals surface area contributed by atoms with E-state index in [4.69, 9.17) is 0 Å². The van der Waals surface area contributed by atoms with Crippen LogP contribution in [0.15, 0.2) is 11.1 Å². The van der Waals surface area contributed by atoms with E-state index in [-0.39, 0.29) is 6.04 Å². The highest BCUT2D eigenvalue weighted by Gasteiger charge is 2.35. The quantitative estimate of drug-likeness (QED) is 0.873. The maximum absolute atomic E-state index is 12.5. The Balaban J connectivity index is 2.36. The van der Waals surface area contributed by atoms with Crippen LogP contribution in [0.25, 0.3) is 0 Å². The smallest absolute Gasteiger partial charge is 0.246 e. The molecule has 2 atom stereocenters. The predicted molar refractivity (Wildman–Crippen MR) is 65.1 cm³/mol. The summed E-state index contributed by atoms with van der Waals surface area (Å²) in [5.74, 6) is 0.408. The van der Waals surface area contributed by atoms with Crippen molar-refractivity contribution in [1.82, 2.24) is 14.5 Å². The van der Waals surface area contributed by atoms with Gasteiger partial charge in [-0.25, -0.2) is 8.42 Å². The lowest BCUT2D eigenvalue weighted by atomic mass is 9.94. The molecule has 0 spiro atoms. The van der Waals surface area contributed by atoms with Gasteiger partial charge in [0, 0.05) is 12.6 Å². The van der Waals surface area contributed by atoms with E-state index in [2.05, 4.69) is 17.1 Å². The number of sulfonamides is 1. The number of nitrogens with zero attached hydrogens (tertiary/aromatic N) is 2. The van der Waals surface area contributed by atoms with Gasteiger partial charge in [0.1, 0.15) is 4.90 Å². The topological polar surface area (TPSA) is 66.1 Å². The van der Waals surface area contributed by atoms with Gasteiger partial charge in [0.05, 0.1) is 11.9 Å². The van der Waals surface area contributed by atoms with Crippen molar-refractivity contribution in [3.05, 3.63) is 11.9 Å². The minimum Gasteiger partial charge on any atom is -0.281 e. The number of hydrogen-bond acceptors (Lipinski definition) is 3. The van der Waals surface area contributed by atoms with Crippen LogP contribution in [-0.2, 0) is 10.0 Å². The molecule has 6 heteroatoms. The maximum Gasteiger partial charge on any atom is 0.246 e. The summed E-state index contributed by atoms with van der Waals surface area (Å²) in [7, 11) is -3.39. The van der Waals surface area contributed by atoms with Gasteiger partial charge in [-0.1, -0.05) is 6.92 Å². The number of aryl methyl sites for hydroxylation is 1. The first kappa shape index (κ1) is 12.6. The Labute approximate surface area is 102 Å². The fourth-order valence-corrected chi connectivity index (χ4v) is 4.25. The number of nitrogens with one attached hydrogen (secondary N) is 1. The molecule has 2 unspecified atom stereocenters. The van der Waals surface area contributed by atoms with Crippen LogP contribution in [0, 0.1) is 12.8 Å². The molecule has 0 bridgehead atoms. The molecule has 1 fully saturated rings. The van der Waals surface area contributed by atoms with E-state index >= 15 is 0 Å². The molecule has 0 radical (unpaired) electrons. The Hall–Kier alpha value is -0.880. The van der Waals surface area contributed by atoms with Crippen LogP contribution in [0.3, 0.4) is 0 Å². The Morgan fingerprint density at radius 3 is 2.76 bits per heavy atom. The maximum atomic E-state index is 12.5. The van der Waals surface area contributed by atoms with Gasteiger partial charge < -0.3 is 0 Å². The van der Waals surface area contributed by atoms with Gasteiger partial charge in [-0.15, -0.1) is 0 Å². The molecule has 1 aromatic rings. The van der Waals surface area contributed by atoms with Crippen LogP contribution in [-0.4, -0.2) is 35.5 Å². The first-order valence-corrected chi connectivity index (χ1v) is 7.40. The summed E-state index contributed by atoms with van der Waals surface area (Å²) >= 11 is 0. The Morgan fingerprint density at radius 1 is 1.47 bits per heavy atom. The molecule has 96 valence electrons. The molecule has 0 aromatic carbocycles. The van der Waals surface area contributed by atoms with Gasteiger partial charge in [-0.05, 0) is 32.6 Å². The van der Waals surface area contributed by atoms with Crippen LogP contribution in [0.4, 0.5) is 0 Å². The summed E-state index contributed by atoms with van der Waals surface area (Å²) in [6.07, 6.45) is 3.43. The molecule has 0 saturated carbocycles. The van der Waals surface area contributed by atoms with Crippen molar-refractivity contribution in [2.45, 2.75) is 44.6 Å². The summed E-state index contributed by atoms with van der Waals surface area (Å²) in [5, 5.41) is 6.48. The van der Waals surface area contributed by atoms with Gasteiger partial charge in [-0.3, -0.25) is 5.10 Å². The monoisotopic (exact) mass is 257 g/mol. The van der Waals surface area contributed by atoms with Crippen molar-refractivity contribution in [3.8, 4) is 0 Å². The molecule has 1 aromatic heterocycles. The molecule has 1 aliphatic rings. The van der Waals surface area contributed by atoms with Crippen molar-refractivity contribution in [2.24, 2.45) is 5.92 Å². The second kappa shape index (κ2) is 4.42. The summed E-state index contributed by atoms with van der Waals surface area (Å²) in [6.45, 7) is 6.43. The zero-order chi connectivity index (χ0) is 12.6. The van der Waals surface area contributed by atoms with Gasteiger partial charge in [0.2, 0.25) is 10.0 Å². The van der Waals surface area contributed by atoms with E-state index < -0.39 is 10.0 Å². The molecule has 0 amide bonds. The molecule has 1 saturated heterocycles. The van der Waals surface area contributed by atoms with E-state index in [0.29, 0.717) is 23.1 Å². The van der Waals surface area contributed by atoms with Crippen LogP contribution >= 0.6 is 0 Å². The summed E-state index contributed by atoms with van der Waals surface area (Å²) in [6, 6.07) is 0.0584. The highest BCUT2D eigenvalue weighted by atomic mass is 32.2. The van der Waals surface area contributed by atoms with Crippen LogP contribution in [0.2, 0.25) is 0 Å². The molecule has 1 N–H and O–H groups in total. The second-order valence-electron chi connectivity index (χ2n) is 4.84. The van der Waals surface area contributed by atoms with Crippen LogP contribution in [0.5, 0.6) is 0 Å². The zero-order valence-corrected chi connectivity index (χ0v) is 11.3. The van der Waals surface area contributed by atoms with E-state index in [1.807, 2.05) is 6.92 Å². The molecule has 1 aliphatic heterocycles. The SMILES string of the molecule is Cc1[nH]ncc1S(=O)(=O)N1CCCC(C)C1C. The highest BCUT2D eigenvalue weighted by Crippen LogP contribution is 2.29. The average Bonchev–Trinajstić information content (AvgIpc) is 2.69. The molecular weight excluding hydrogens is 238 g/mol. The fourth-order valence-electron chi connectivity index (χ4n) is 2.36. The highest BCUT2D eigenvalue weighted by molar-refractivity contribution is 7.89. The summed E-state index contributed by atoms with van der Waals surface area (Å²) in [5.41, 5.74) is 0.607. The van der Waals surface area contributed by atoms with E-state index in [1.54, 1.807) is 11.2 Å². The fraction of sp³-hybridized carbons (Fsp3) is 0.727. The lowest BCUT2D eigenvalue weighted by molar-refractivity contribution is 0.202. The second-order valence-corrected chi connectivity index (χ2v) is 6.69. The lowest BCUT2D eigenvalue weighted by Gasteiger charge is -2.36. The third kappa shape index (κ3) is 2.11. The largest absolute Gasteiger partial charge is 0.281 e. The number of H-pyrrole nitrogens is 1. The van der Waals surface area contributed by atoms with Crippen LogP contribution in [0.1, 0.15) is 32.4 Å². The summed E-state index contributed by atoms with van der Waals surface area (Å²) < 4.78 is 26.6. The Morgan fingerprint density at radius 2 is 2.18 bits per heavy atom. The molecule has 2 heterocycles. The molecule has 0 aliphatic carbocycles. The number of aromatic amines is 1. The van der Waals surface area contributed by atoms with E-state index in [9.17, 15) is 8.42 Å². The van der Waals surface area contributed by atoms with E-state index in [1.165, 1.54) is 6.20 Å². The Kier molecular flexibility index (Phi) is 3.27. The Bertz CT molecular complexity index is 495. The number of hydrogen-bond donors (Lipinski definition) is 1. The minimum atomic E-state index is -3.39. The van der Waals surface area contributed by atoms with E-state index in [0.717, 1.165) is 12.8 Å². The number of rotatable bonds is 2. The standard InChI is InChI=1S/C11H19N3O2S/c1-8-5-4-6-14(10(8)3)17(15,16)11-7-12-13-9(11)2/h7-8,10H,4-6H2,1-3H3,(H,12,13). The zero-order valence-electron chi connectivity index (χ0n) is 10.5. The van der Waals surface area contributed by atoms with Crippen molar-refractivity contribution < 1.29 is 8.42 Å².